The van der Waals surface area contributed by atoms with E-state index < -0.39 is 17.6 Å². The molecule has 2 heteroatoms. The van der Waals surface area contributed by atoms with Gasteiger partial charge in [-0.25, -0.2) is 0 Å². The minimum absolute atomic E-state index is 0.643. The van der Waals surface area contributed by atoms with E-state index in [-0.39, 0.29) is 0 Å². The summed E-state index contributed by atoms with van der Waals surface area (Å²) >= 11 is 0. The lowest BCUT2D eigenvalue weighted by Crippen LogP contribution is -2.29. The standard InChI is InChI=1S/C10H20Si2/c1-7-8(2)12(6)10(4)9(3)11(7)5/h11-12H,1-6H3. The summed E-state index contributed by atoms with van der Waals surface area (Å²) < 4.78 is 0. The van der Waals surface area contributed by atoms with Gasteiger partial charge in [0.05, 0.1) is 17.6 Å². The van der Waals surface area contributed by atoms with Gasteiger partial charge < -0.3 is 0 Å². The number of hydrogen-bond donors (Lipinski definition) is 0. The molecule has 1 aliphatic rings. The molecule has 0 spiro atoms. The summed E-state index contributed by atoms with van der Waals surface area (Å²) in [5, 5.41) is 7.10. The van der Waals surface area contributed by atoms with Crippen molar-refractivity contribution in [3.8, 4) is 0 Å². The molecule has 1 rings (SSSR count). The number of rotatable bonds is 0. The van der Waals surface area contributed by atoms with Crippen molar-refractivity contribution in [1.29, 1.82) is 0 Å². The first-order valence-electron chi connectivity index (χ1n) is 4.81. The second-order valence-corrected chi connectivity index (χ2v) is 10.5. The van der Waals surface area contributed by atoms with E-state index in [1.165, 1.54) is 0 Å². The van der Waals surface area contributed by atoms with Crippen LogP contribution < -0.4 is 0 Å². The first-order chi connectivity index (χ1) is 5.46. The van der Waals surface area contributed by atoms with Crippen LogP contribution in [0.3, 0.4) is 0 Å². The Morgan fingerprint density at radius 2 is 0.750 bits per heavy atom. The maximum absolute atomic E-state index is 2.47. The molecule has 1 heterocycles. The molecule has 0 saturated carbocycles. The van der Waals surface area contributed by atoms with Gasteiger partial charge in [-0.3, -0.25) is 0 Å². The Balaban J connectivity index is 3.13. The average molecular weight is 196 g/mol. The van der Waals surface area contributed by atoms with E-state index in [1.54, 1.807) is 20.8 Å². The highest BCUT2D eigenvalue weighted by Crippen LogP contribution is 2.27. The molecule has 0 aromatic rings. The van der Waals surface area contributed by atoms with E-state index >= 15 is 0 Å². The van der Waals surface area contributed by atoms with Gasteiger partial charge in [0, 0.05) is 0 Å². The maximum atomic E-state index is 2.47. The molecule has 0 nitrogen and oxygen atoms in total. The third kappa shape index (κ3) is 1.38. The Morgan fingerprint density at radius 1 is 0.583 bits per heavy atom. The third-order valence-corrected chi connectivity index (χ3v) is 11.5. The second-order valence-electron chi connectivity index (χ2n) is 4.18. The fourth-order valence-electron chi connectivity index (χ4n) is 2.02. The van der Waals surface area contributed by atoms with E-state index in [4.69, 9.17) is 0 Å². The maximum Gasteiger partial charge on any atom is 0.0877 e. The van der Waals surface area contributed by atoms with Gasteiger partial charge in [0.1, 0.15) is 0 Å². The zero-order valence-electron chi connectivity index (χ0n) is 9.15. The van der Waals surface area contributed by atoms with E-state index in [2.05, 4.69) is 40.8 Å². The van der Waals surface area contributed by atoms with Crippen molar-refractivity contribution >= 4 is 17.6 Å². The quantitative estimate of drug-likeness (QED) is 0.522. The van der Waals surface area contributed by atoms with Crippen molar-refractivity contribution in [3.05, 3.63) is 20.8 Å². The Labute approximate surface area is 79.6 Å². The van der Waals surface area contributed by atoms with Crippen LogP contribution in [0.4, 0.5) is 0 Å². The third-order valence-electron chi connectivity index (χ3n) is 3.84. The molecule has 0 N–H and O–H groups in total. The topological polar surface area (TPSA) is 0 Å². The molecule has 0 aromatic heterocycles. The van der Waals surface area contributed by atoms with E-state index in [9.17, 15) is 0 Å². The lowest BCUT2D eigenvalue weighted by atomic mass is 10.5. The van der Waals surface area contributed by atoms with Gasteiger partial charge in [0.25, 0.3) is 0 Å². The Bertz CT molecular complexity index is 209. The van der Waals surface area contributed by atoms with Crippen LogP contribution in [-0.2, 0) is 0 Å². The minimum atomic E-state index is -0.643. The molecule has 0 aliphatic carbocycles. The first kappa shape index (κ1) is 10.00. The molecular weight excluding hydrogens is 176 g/mol. The summed E-state index contributed by atoms with van der Waals surface area (Å²) in [5.41, 5.74) is 0. The molecule has 0 fully saturated rings. The van der Waals surface area contributed by atoms with Crippen molar-refractivity contribution in [2.45, 2.75) is 40.8 Å². The van der Waals surface area contributed by atoms with Crippen molar-refractivity contribution in [3.63, 3.8) is 0 Å². The highest BCUT2D eigenvalue weighted by Gasteiger charge is 2.24. The van der Waals surface area contributed by atoms with Crippen LogP contribution in [0.15, 0.2) is 20.8 Å². The van der Waals surface area contributed by atoms with Crippen molar-refractivity contribution in [2.75, 3.05) is 0 Å². The summed E-state index contributed by atoms with van der Waals surface area (Å²) in [4.78, 5) is 0. The predicted octanol–water partition coefficient (Wildman–Crippen LogP) is 2.54. The molecule has 0 radical (unpaired) electrons. The van der Waals surface area contributed by atoms with Crippen LogP contribution in [0, 0.1) is 0 Å². The smallest absolute Gasteiger partial charge is 0.0872 e. The molecule has 0 bridgehead atoms. The van der Waals surface area contributed by atoms with Gasteiger partial charge in [0.15, 0.2) is 0 Å². The summed E-state index contributed by atoms with van der Waals surface area (Å²) in [6.07, 6.45) is 0. The van der Waals surface area contributed by atoms with Gasteiger partial charge in [-0.1, -0.05) is 33.9 Å². The van der Waals surface area contributed by atoms with Gasteiger partial charge in [-0.05, 0) is 27.7 Å². The Morgan fingerprint density at radius 3 is 0.917 bits per heavy atom. The van der Waals surface area contributed by atoms with Crippen LogP contribution in [-0.4, -0.2) is 17.6 Å². The Kier molecular flexibility index (Phi) is 2.78. The largest absolute Gasteiger partial charge is 0.0877 e. The number of allylic oxidation sites excluding steroid dienone is 4. The molecule has 12 heavy (non-hydrogen) atoms. The fraction of sp³-hybridized carbons (Fsp3) is 0.600. The first-order valence-corrected chi connectivity index (χ1v) is 9.43. The summed E-state index contributed by atoms with van der Waals surface area (Å²) in [6, 6.07) is 0. The van der Waals surface area contributed by atoms with Crippen LogP contribution in [0.5, 0.6) is 0 Å². The minimum Gasteiger partial charge on any atom is -0.0872 e. The van der Waals surface area contributed by atoms with Crippen molar-refractivity contribution in [1.82, 2.24) is 0 Å². The van der Waals surface area contributed by atoms with E-state index in [1.807, 2.05) is 0 Å². The fourth-order valence-corrected chi connectivity index (χ4v) is 9.05. The molecule has 1 aliphatic heterocycles. The lowest BCUT2D eigenvalue weighted by molar-refractivity contribution is 1.37. The van der Waals surface area contributed by atoms with Crippen molar-refractivity contribution in [2.24, 2.45) is 0 Å². The second kappa shape index (κ2) is 3.34. The van der Waals surface area contributed by atoms with Gasteiger partial charge >= 0.3 is 0 Å². The summed E-state index contributed by atoms with van der Waals surface area (Å²) in [7, 11) is -1.29. The van der Waals surface area contributed by atoms with E-state index in [0.717, 1.165) is 0 Å². The highest BCUT2D eigenvalue weighted by molar-refractivity contribution is 6.84. The zero-order valence-corrected chi connectivity index (χ0v) is 11.5. The molecule has 68 valence electrons. The number of hydrogen-bond acceptors (Lipinski definition) is 0. The molecule has 0 saturated heterocycles. The van der Waals surface area contributed by atoms with Crippen LogP contribution >= 0.6 is 0 Å². The normalized spacial score (nSPS) is 31.5. The summed E-state index contributed by atoms with van der Waals surface area (Å²) in [5.74, 6) is 0. The highest BCUT2D eigenvalue weighted by atomic mass is 28.3. The monoisotopic (exact) mass is 196 g/mol. The van der Waals surface area contributed by atoms with Crippen LogP contribution in [0.1, 0.15) is 27.7 Å². The van der Waals surface area contributed by atoms with Gasteiger partial charge in [-0.15, -0.1) is 0 Å². The Hall–Kier alpha value is -0.0862. The molecule has 0 unspecified atom stereocenters. The lowest BCUT2D eigenvalue weighted by Gasteiger charge is -2.28. The molecule has 0 aromatic carbocycles. The SMILES string of the molecule is CC1=C(C)[SiH](C)C(C)=C(C)[SiH]1C. The zero-order chi connectivity index (χ0) is 9.46. The average Bonchev–Trinajstić information content (AvgIpc) is 2.08. The molecule has 0 amide bonds. The van der Waals surface area contributed by atoms with Crippen molar-refractivity contribution < 1.29 is 0 Å². The predicted molar refractivity (Wildman–Crippen MR) is 62.8 cm³/mol. The van der Waals surface area contributed by atoms with Gasteiger partial charge in [-0.2, -0.15) is 0 Å². The van der Waals surface area contributed by atoms with Gasteiger partial charge in [0.2, 0.25) is 0 Å². The molecular formula is C10H20Si2. The molecule has 0 atom stereocenters. The van der Waals surface area contributed by atoms with Crippen LogP contribution in [0.2, 0.25) is 13.1 Å². The van der Waals surface area contributed by atoms with Crippen LogP contribution in [0.25, 0.3) is 0 Å². The summed E-state index contributed by atoms with van der Waals surface area (Å²) in [6.45, 7) is 14.4. The van der Waals surface area contributed by atoms with E-state index in [0.29, 0.717) is 0 Å².